The van der Waals surface area contributed by atoms with Crippen LogP contribution in [0.2, 0.25) is 0 Å². The first-order valence-corrected chi connectivity index (χ1v) is 12.7. The third-order valence-electron chi connectivity index (χ3n) is 5.05. The van der Waals surface area contributed by atoms with Crippen LogP contribution in [0.25, 0.3) is 0 Å². The first-order valence-electron chi connectivity index (χ1n) is 11.2. The van der Waals surface area contributed by atoms with Crippen molar-refractivity contribution in [2.75, 3.05) is 29.1 Å². The third kappa shape index (κ3) is 6.42. The maximum atomic E-state index is 12.7. The highest BCUT2D eigenvalue weighted by atomic mass is 32.2. The van der Waals surface area contributed by atoms with Gasteiger partial charge in [0.05, 0.1) is 18.6 Å². The van der Waals surface area contributed by atoms with E-state index in [1.54, 1.807) is 43.5 Å². The van der Waals surface area contributed by atoms with Crippen molar-refractivity contribution in [2.45, 2.75) is 18.7 Å². The van der Waals surface area contributed by atoms with Crippen LogP contribution in [0.3, 0.4) is 0 Å². The fourth-order valence-electron chi connectivity index (χ4n) is 3.36. The molecule has 4 rings (SSSR count). The predicted molar refractivity (Wildman–Crippen MR) is 141 cm³/mol. The number of methoxy groups -OCH3 is 1. The zero-order valence-corrected chi connectivity index (χ0v) is 21.0. The number of aromatic nitrogens is 2. The van der Waals surface area contributed by atoms with E-state index < -0.39 is 10.0 Å². The van der Waals surface area contributed by atoms with Crippen LogP contribution in [0.15, 0.2) is 83.8 Å². The monoisotopic (exact) mass is 505 g/mol. The molecule has 10 heteroatoms. The first kappa shape index (κ1) is 24.8. The van der Waals surface area contributed by atoms with E-state index in [1.165, 1.54) is 12.1 Å². The first-order chi connectivity index (χ1) is 17.3. The quantitative estimate of drug-likeness (QED) is 0.260. The summed E-state index contributed by atoms with van der Waals surface area (Å²) in [5.74, 6) is 2.43. The molecule has 0 bridgehead atoms. The van der Waals surface area contributed by atoms with Gasteiger partial charge in [-0.1, -0.05) is 0 Å². The molecule has 0 unspecified atom stereocenters. The average Bonchev–Trinajstić information content (AvgIpc) is 2.86. The normalized spacial score (nSPS) is 11.0. The molecule has 4 aromatic rings. The molecular weight excluding hydrogens is 478 g/mol. The molecule has 0 radical (unpaired) electrons. The maximum Gasteiger partial charge on any atom is 0.261 e. The van der Waals surface area contributed by atoms with Crippen molar-refractivity contribution in [3.8, 4) is 11.5 Å². The molecule has 0 aliphatic carbocycles. The van der Waals surface area contributed by atoms with E-state index in [2.05, 4.69) is 25.3 Å². The van der Waals surface area contributed by atoms with Crippen molar-refractivity contribution in [3.05, 3.63) is 84.6 Å². The van der Waals surface area contributed by atoms with Gasteiger partial charge in [-0.15, -0.1) is 0 Å². The fourth-order valence-corrected chi connectivity index (χ4v) is 4.42. The van der Waals surface area contributed by atoms with Gasteiger partial charge in [-0.25, -0.2) is 13.4 Å². The number of hydrogen-bond acceptors (Lipinski definition) is 8. The van der Waals surface area contributed by atoms with Gasteiger partial charge >= 0.3 is 0 Å². The number of benzene rings is 3. The Bertz CT molecular complexity index is 1410. The zero-order valence-electron chi connectivity index (χ0n) is 20.1. The SMILES string of the molecule is CCOc1ccc(S(=O)(=O)Nc2ccc(Nc3nc(C)cc(Nc4ccc(OC)cc4)n3)cc2)cc1. The zero-order chi connectivity index (χ0) is 25.5. The molecule has 1 aromatic heterocycles. The summed E-state index contributed by atoms with van der Waals surface area (Å²) in [6.45, 7) is 4.26. The summed E-state index contributed by atoms with van der Waals surface area (Å²) in [5.41, 5.74) is 2.79. The number of hydrogen-bond donors (Lipinski definition) is 3. The molecule has 3 aromatic carbocycles. The van der Waals surface area contributed by atoms with Gasteiger partial charge in [0, 0.05) is 28.8 Å². The highest BCUT2D eigenvalue weighted by Gasteiger charge is 2.14. The van der Waals surface area contributed by atoms with Gasteiger partial charge in [-0.05, 0) is 86.6 Å². The van der Waals surface area contributed by atoms with E-state index >= 15 is 0 Å². The van der Waals surface area contributed by atoms with Gasteiger partial charge in [0.15, 0.2) is 0 Å². The van der Waals surface area contributed by atoms with Crippen LogP contribution in [0, 0.1) is 6.92 Å². The van der Waals surface area contributed by atoms with Crippen LogP contribution in [-0.4, -0.2) is 32.1 Å². The van der Waals surface area contributed by atoms with Gasteiger partial charge in [-0.2, -0.15) is 4.98 Å². The second-order valence-corrected chi connectivity index (χ2v) is 9.47. The lowest BCUT2D eigenvalue weighted by Gasteiger charge is -2.12. The standard InChI is InChI=1S/C26H27N5O4S/c1-4-35-23-13-15-24(16-14-23)36(32,33)31-21-7-5-20(6-8-21)29-26-27-18(2)17-25(30-26)28-19-9-11-22(34-3)12-10-19/h5-17,31H,4H2,1-3H3,(H2,27,28,29,30). The molecule has 3 N–H and O–H groups in total. The number of ether oxygens (including phenoxy) is 2. The minimum Gasteiger partial charge on any atom is -0.497 e. The van der Waals surface area contributed by atoms with Crippen molar-refractivity contribution < 1.29 is 17.9 Å². The number of nitrogens with zero attached hydrogens (tertiary/aromatic N) is 2. The molecule has 1 heterocycles. The molecule has 0 fully saturated rings. The lowest BCUT2D eigenvalue weighted by Crippen LogP contribution is -2.12. The second kappa shape index (κ2) is 11.0. The summed E-state index contributed by atoms with van der Waals surface area (Å²) < 4.78 is 38.6. The van der Waals surface area contributed by atoms with Crippen LogP contribution in [0.4, 0.5) is 28.8 Å². The van der Waals surface area contributed by atoms with E-state index in [9.17, 15) is 8.42 Å². The molecular formula is C26H27N5O4S. The van der Waals surface area contributed by atoms with E-state index in [-0.39, 0.29) is 4.90 Å². The number of sulfonamides is 1. The lowest BCUT2D eigenvalue weighted by atomic mass is 10.3. The molecule has 0 saturated heterocycles. The number of nitrogens with one attached hydrogen (secondary N) is 3. The van der Waals surface area contributed by atoms with Gasteiger partial charge < -0.3 is 20.1 Å². The van der Waals surface area contributed by atoms with Gasteiger partial charge in [0.25, 0.3) is 10.0 Å². The fraction of sp³-hybridized carbons (Fsp3) is 0.154. The Hall–Kier alpha value is -4.31. The smallest absolute Gasteiger partial charge is 0.261 e. The lowest BCUT2D eigenvalue weighted by molar-refractivity contribution is 0.340. The van der Waals surface area contributed by atoms with Crippen LogP contribution in [0.5, 0.6) is 11.5 Å². The average molecular weight is 506 g/mol. The Morgan fingerprint density at radius 3 is 2.00 bits per heavy atom. The highest BCUT2D eigenvalue weighted by molar-refractivity contribution is 7.92. The van der Waals surface area contributed by atoms with Crippen molar-refractivity contribution >= 4 is 38.9 Å². The summed E-state index contributed by atoms with van der Waals surface area (Å²) in [7, 11) is -2.11. The predicted octanol–water partition coefficient (Wildman–Crippen LogP) is 5.48. The Labute approximate surface area is 210 Å². The van der Waals surface area contributed by atoms with Crippen molar-refractivity contribution in [3.63, 3.8) is 0 Å². The number of aryl methyl sites for hydroxylation is 1. The van der Waals surface area contributed by atoms with Crippen molar-refractivity contribution in [1.82, 2.24) is 9.97 Å². The Kier molecular flexibility index (Phi) is 7.55. The van der Waals surface area contributed by atoms with Crippen molar-refractivity contribution in [2.24, 2.45) is 0 Å². The molecule has 0 amide bonds. The Balaban J connectivity index is 1.42. The van der Waals surface area contributed by atoms with Crippen LogP contribution < -0.4 is 24.8 Å². The van der Waals surface area contributed by atoms with Crippen molar-refractivity contribution in [1.29, 1.82) is 0 Å². The minimum atomic E-state index is -3.73. The number of rotatable bonds is 10. The molecule has 36 heavy (non-hydrogen) atoms. The highest BCUT2D eigenvalue weighted by Crippen LogP contribution is 2.24. The van der Waals surface area contributed by atoms with Gasteiger partial charge in [-0.3, -0.25) is 4.72 Å². The molecule has 0 atom stereocenters. The Morgan fingerprint density at radius 1 is 0.778 bits per heavy atom. The Morgan fingerprint density at radius 2 is 1.36 bits per heavy atom. The van der Waals surface area contributed by atoms with E-state index in [4.69, 9.17) is 9.47 Å². The summed E-state index contributed by atoms with van der Waals surface area (Å²) in [5, 5.41) is 6.41. The molecule has 0 saturated carbocycles. The van der Waals surface area contributed by atoms with E-state index in [0.29, 0.717) is 35.5 Å². The summed E-state index contributed by atoms with van der Waals surface area (Å²) in [4.78, 5) is 9.11. The molecule has 0 aliphatic heterocycles. The van der Waals surface area contributed by atoms with Crippen LogP contribution >= 0.6 is 0 Å². The molecule has 0 spiro atoms. The maximum absolute atomic E-state index is 12.7. The largest absolute Gasteiger partial charge is 0.497 e. The van der Waals surface area contributed by atoms with Gasteiger partial charge in [0.2, 0.25) is 5.95 Å². The summed E-state index contributed by atoms with van der Waals surface area (Å²) in [6, 6.07) is 22.5. The van der Waals surface area contributed by atoms with Gasteiger partial charge in [0.1, 0.15) is 17.3 Å². The third-order valence-corrected chi connectivity index (χ3v) is 6.45. The summed E-state index contributed by atoms with van der Waals surface area (Å²) in [6.07, 6.45) is 0. The minimum absolute atomic E-state index is 0.151. The van der Waals surface area contributed by atoms with E-state index in [1.807, 2.05) is 44.2 Å². The second-order valence-electron chi connectivity index (χ2n) is 7.78. The van der Waals surface area contributed by atoms with Crippen LogP contribution in [0.1, 0.15) is 12.6 Å². The van der Waals surface area contributed by atoms with E-state index in [0.717, 1.165) is 17.1 Å². The van der Waals surface area contributed by atoms with Crippen LogP contribution in [-0.2, 0) is 10.0 Å². The molecule has 0 aliphatic rings. The number of anilines is 5. The molecule has 9 nitrogen and oxygen atoms in total. The topological polar surface area (TPSA) is 114 Å². The molecule has 186 valence electrons. The summed E-state index contributed by atoms with van der Waals surface area (Å²) >= 11 is 0.